The Morgan fingerprint density at radius 1 is 1.40 bits per heavy atom. The fraction of sp³-hybridized carbons (Fsp3) is 1.00. The van der Waals surface area contributed by atoms with Crippen molar-refractivity contribution < 1.29 is 9.84 Å². The van der Waals surface area contributed by atoms with Crippen molar-refractivity contribution in [3.63, 3.8) is 0 Å². The van der Waals surface area contributed by atoms with E-state index in [4.69, 9.17) is 4.74 Å². The lowest BCUT2D eigenvalue weighted by molar-refractivity contribution is -0.179. The van der Waals surface area contributed by atoms with Crippen molar-refractivity contribution in [2.24, 2.45) is 5.41 Å². The van der Waals surface area contributed by atoms with Crippen LogP contribution in [0.15, 0.2) is 0 Å². The minimum absolute atomic E-state index is 0.0103. The third-order valence-electron chi connectivity index (χ3n) is 3.39. The number of ether oxygens (including phenoxy) is 1. The van der Waals surface area contributed by atoms with Gasteiger partial charge < -0.3 is 15.2 Å². The molecule has 15 heavy (non-hydrogen) atoms. The Morgan fingerprint density at radius 3 is 2.27 bits per heavy atom. The maximum atomic E-state index is 10.4. The van der Waals surface area contributed by atoms with E-state index in [0.717, 1.165) is 0 Å². The summed E-state index contributed by atoms with van der Waals surface area (Å²) >= 11 is 0. The summed E-state index contributed by atoms with van der Waals surface area (Å²) in [5, 5.41) is 13.5. The molecule has 0 aromatic rings. The molecule has 0 spiro atoms. The van der Waals surface area contributed by atoms with E-state index in [0.29, 0.717) is 6.42 Å². The van der Waals surface area contributed by atoms with Gasteiger partial charge in [0.2, 0.25) is 0 Å². The maximum Gasteiger partial charge on any atom is 0.0822 e. The molecule has 0 aliphatic carbocycles. The smallest absolute Gasteiger partial charge is 0.0822 e. The standard InChI is InChI=1S/C12H25NO2/c1-8-10(13-6)12(5,14)7-9(15-8)11(2,3)4/h8-10,13-14H,7H2,1-6H3. The molecule has 1 aliphatic heterocycles. The molecule has 1 fully saturated rings. The SMILES string of the molecule is CNC1C(C)OC(C(C)(C)C)CC1(C)O. The van der Waals surface area contributed by atoms with Gasteiger partial charge in [0.1, 0.15) is 0 Å². The molecule has 0 bridgehead atoms. The predicted molar refractivity (Wildman–Crippen MR) is 61.9 cm³/mol. The molecule has 1 heterocycles. The van der Waals surface area contributed by atoms with Gasteiger partial charge in [-0.3, -0.25) is 0 Å². The zero-order chi connectivity index (χ0) is 11.9. The first-order valence-electron chi connectivity index (χ1n) is 5.73. The van der Waals surface area contributed by atoms with E-state index >= 15 is 0 Å². The van der Waals surface area contributed by atoms with Crippen LogP contribution in [0.3, 0.4) is 0 Å². The molecule has 0 amide bonds. The van der Waals surface area contributed by atoms with E-state index in [9.17, 15) is 5.11 Å². The molecular formula is C12H25NO2. The van der Waals surface area contributed by atoms with Gasteiger partial charge in [-0.25, -0.2) is 0 Å². The molecule has 3 nitrogen and oxygen atoms in total. The van der Waals surface area contributed by atoms with Crippen molar-refractivity contribution in [2.45, 2.75) is 64.9 Å². The molecular weight excluding hydrogens is 190 g/mol. The van der Waals surface area contributed by atoms with Crippen molar-refractivity contribution in [1.82, 2.24) is 5.32 Å². The van der Waals surface area contributed by atoms with Crippen LogP contribution < -0.4 is 5.32 Å². The molecule has 90 valence electrons. The van der Waals surface area contributed by atoms with Gasteiger partial charge in [0.15, 0.2) is 0 Å². The first kappa shape index (κ1) is 12.9. The number of rotatable bonds is 1. The van der Waals surface area contributed by atoms with Crippen LogP contribution in [0.4, 0.5) is 0 Å². The molecule has 0 saturated carbocycles. The summed E-state index contributed by atoms with van der Waals surface area (Å²) < 4.78 is 5.97. The quantitative estimate of drug-likeness (QED) is 0.697. The second-order valence-corrected chi connectivity index (χ2v) is 6.02. The summed E-state index contributed by atoms with van der Waals surface area (Å²) in [6, 6.07) is 0.0103. The second-order valence-electron chi connectivity index (χ2n) is 6.02. The summed E-state index contributed by atoms with van der Waals surface area (Å²) in [5.74, 6) is 0. The topological polar surface area (TPSA) is 41.5 Å². The van der Waals surface area contributed by atoms with Crippen LogP contribution in [-0.2, 0) is 4.74 Å². The molecule has 1 saturated heterocycles. The average molecular weight is 215 g/mol. The van der Waals surface area contributed by atoms with Crippen LogP contribution in [0.5, 0.6) is 0 Å². The van der Waals surface area contributed by atoms with E-state index in [-0.39, 0.29) is 23.7 Å². The number of hydrogen-bond donors (Lipinski definition) is 2. The highest BCUT2D eigenvalue weighted by atomic mass is 16.5. The molecule has 2 N–H and O–H groups in total. The van der Waals surface area contributed by atoms with Gasteiger partial charge in [0.25, 0.3) is 0 Å². The molecule has 4 unspecified atom stereocenters. The fourth-order valence-corrected chi connectivity index (χ4v) is 2.45. The molecule has 3 heteroatoms. The Hall–Kier alpha value is -0.120. The lowest BCUT2D eigenvalue weighted by Gasteiger charge is -2.48. The number of likely N-dealkylation sites (N-methyl/N-ethyl adjacent to an activating group) is 1. The van der Waals surface area contributed by atoms with Gasteiger partial charge >= 0.3 is 0 Å². The zero-order valence-electron chi connectivity index (χ0n) is 10.8. The molecule has 0 aromatic heterocycles. The predicted octanol–water partition coefficient (Wildman–Crippen LogP) is 1.55. The van der Waals surface area contributed by atoms with E-state index in [1.807, 2.05) is 20.9 Å². The van der Waals surface area contributed by atoms with E-state index < -0.39 is 5.60 Å². The zero-order valence-corrected chi connectivity index (χ0v) is 10.8. The van der Waals surface area contributed by atoms with Gasteiger partial charge in [-0.05, 0) is 26.3 Å². The van der Waals surface area contributed by atoms with Crippen LogP contribution >= 0.6 is 0 Å². The molecule has 1 aliphatic rings. The van der Waals surface area contributed by atoms with Crippen LogP contribution in [-0.4, -0.2) is 36.0 Å². The first-order valence-corrected chi connectivity index (χ1v) is 5.73. The largest absolute Gasteiger partial charge is 0.388 e. The summed E-state index contributed by atoms with van der Waals surface area (Å²) in [5.41, 5.74) is -0.610. The van der Waals surface area contributed by atoms with Crippen LogP contribution in [0.2, 0.25) is 0 Å². The van der Waals surface area contributed by atoms with E-state index in [1.54, 1.807) is 0 Å². The molecule has 1 rings (SSSR count). The van der Waals surface area contributed by atoms with Crippen molar-refractivity contribution in [1.29, 1.82) is 0 Å². The summed E-state index contributed by atoms with van der Waals surface area (Å²) in [6.07, 6.45) is 0.849. The Labute approximate surface area is 93.2 Å². The molecule has 0 radical (unpaired) electrons. The number of nitrogens with one attached hydrogen (secondary N) is 1. The van der Waals surface area contributed by atoms with Crippen molar-refractivity contribution in [3.8, 4) is 0 Å². The van der Waals surface area contributed by atoms with Crippen molar-refractivity contribution >= 4 is 0 Å². The van der Waals surface area contributed by atoms with E-state index in [1.165, 1.54) is 0 Å². The molecule has 0 aromatic carbocycles. The van der Waals surface area contributed by atoms with Gasteiger partial charge in [0.05, 0.1) is 23.9 Å². The average Bonchev–Trinajstić information content (AvgIpc) is 1.99. The van der Waals surface area contributed by atoms with Crippen LogP contribution in [0.1, 0.15) is 41.0 Å². The van der Waals surface area contributed by atoms with Gasteiger partial charge in [0, 0.05) is 6.42 Å². The van der Waals surface area contributed by atoms with Crippen molar-refractivity contribution in [2.75, 3.05) is 7.05 Å². The van der Waals surface area contributed by atoms with E-state index in [2.05, 4.69) is 26.1 Å². The monoisotopic (exact) mass is 215 g/mol. The lowest BCUT2D eigenvalue weighted by atomic mass is 9.76. The summed E-state index contributed by atoms with van der Waals surface area (Å²) in [4.78, 5) is 0. The minimum Gasteiger partial charge on any atom is -0.388 e. The summed E-state index contributed by atoms with van der Waals surface area (Å²) in [6.45, 7) is 10.4. The van der Waals surface area contributed by atoms with Gasteiger partial charge in [-0.1, -0.05) is 20.8 Å². The minimum atomic E-state index is -0.690. The Bertz CT molecular complexity index is 220. The van der Waals surface area contributed by atoms with Gasteiger partial charge in [-0.2, -0.15) is 0 Å². The van der Waals surface area contributed by atoms with Gasteiger partial charge in [-0.15, -0.1) is 0 Å². The second kappa shape index (κ2) is 4.04. The number of aliphatic hydroxyl groups is 1. The number of hydrogen-bond acceptors (Lipinski definition) is 3. The molecule has 4 atom stereocenters. The highest BCUT2D eigenvalue weighted by molar-refractivity contribution is 4.99. The highest BCUT2D eigenvalue weighted by Gasteiger charge is 2.46. The van der Waals surface area contributed by atoms with Crippen LogP contribution in [0, 0.1) is 5.41 Å². The van der Waals surface area contributed by atoms with Crippen LogP contribution in [0.25, 0.3) is 0 Å². The Morgan fingerprint density at radius 2 is 1.93 bits per heavy atom. The maximum absolute atomic E-state index is 10.4. The summed E-state index contributed by atoms with van der Waals surface area (Å²) in [7, 11) is 1.87. The normalized spacial score (nSPS) is 43.0. The lowest BCUT2D eigenvalue weighted by Crippen LogP contribution is -2.61. The third-order valence-corrected chi connectivity index (χ3v) is 3.39. The Balaban J connectivity index is 2.82. The highest BCUT2D eigenvalue weighted by Crippen LogP contribution is 2.36. The van der Waals surface area contributed by atoms with Crippen molar-refractivity contribution in [3.05, 3.63) is 0 Å². The first-order chi connectivity index (χ1) is 6.68. The Kier molecular flexibility index (Phi) is 3.49. The fourth-order valence-electron chi connectivity index (χ4n) is 2.45. The third kappa shape index (κ3) is 2.71.